The van der Waals surface area contributed by atoms with Gasteiger partial charge in [0.15, 0.2) is 11.4 Å². The average Bonchev–Trinajstić information content (AvgIpc) is 4.04. The van der Waals surface area contributed by atoms with Gasteiger partial charge in [-0.3, -0.25) is 18.7 Å². The fourth-order valence-corrected chi connectivity index (χ4v) is 13.8. The van der Waals surface area contributed by atoms with Gasteiger partial charge in [-0.1, -0.05) is 40.8 Å². The first-order valence-corrected chi connectivity index (χ1v) is 31.3. The van der Waals surface area contributed by atoms with Gasteiger partial charge in [-0.2, -0.15) is 26.0 Å². The van der Waals surface area contributed by atoms with Gasteiger partial charge in [-0.05, 0) is 131 Å². The quantitative estimate of drug-likeness (QED) is 0.00524. The van der Waals surface area contributed by atoms with E-state index >= 15 is 0 Å². The minimum absolute atomic E-state index is 0.0436. The Morgan fingerprint density at radius 3 is 1.99 bits per heavy atom. The Morgan fingerprint density at radius 1 is 0.658 bits per heavy atom. The number of amides is 1. The molecule has 22 nitrogen and oxygen atoms in total. The van der Waals surface area contributed by atoms with Crippen molar-refractivity contribution in [3.63, 3.8) is 0 Å². The standard InChI is InChI=1S/C52H70N4O18S5/c1-34-51(3,4)49-42-30-38(78(63,64)65)31-45(77-74-71-62)39(42)19-21-43(49)55(34)25-14-7-10-17-47(57)54-33-36(16-9-6-11-18-48(58)59)32-53-24-13-8-12-23-52(5)35(2)56(26-15-27-75-72-69-60)44-22-20-40-41(50(44)52)28-37(76-73-70-61)29-46(40)79(66,67)68/h19-22,28-31,36,53H,6-18,23-27,32-33H2,1-5H3,(H5-2,54,57,58,59,60,61,62,63,64,65,66,67,68)/p+2. The molecule has 2 heterocycles. The first-order valence-electron chi connectivity index (χ1n) is 26.1. The van der Waals surface area contributed by atoms with E-state index in [1.807, 2.05) is 25.1 Å². The topological polar surface area (TPSA) is 309 Å². The van der Waals surface area contributed by atoms with E-state index in [-0.39, 0.29) is 32.9 Å². The minimum Gasteiger partial charge on any atom is -0.481 e. The van der Waals surface area contributed by atoms with E-state index in [4.69, 9.17) is 20.9 Å². The van der Waals surface area contributed by atoms with Crippen LogP contribution < -0.4 is 10.6 Å². The molecule has 1 amide bonds. The van der Waals surface area contributed by atoms with Gasteiger partial charge in [-0.15, -0.1) is 13.0 Å². The van der Waals surface area contributed by atoms with E-state index in [0.29, 0.717) is 115 Å². The van der Waals surface area contributed by atoms with Gasteiger partial charge in [0.1, 0.15) is 18.0 Å². The van der Waals surface area contributed by atoms with Crippen molar-refractivity contribution < 1.29 is 93.7 Å². The lowest BCUT2D eigenvalue weighted by molar-refractivity contribution is -0.439. The van der Waals surface area contributed by atoms with Crippen molar-refractivity contribution in [2.45, 2.75) is 155 Å². The van der Waals surface area contributed by atoms with Crippen molar-refractivity contribution in [3.05, 3.63) is 59.7 Å². The number of benzene rings is 4. The zero-order valence-electron chi connectivity index (χ0n) is 44.9. The summed E-state index contributed by atoms with van der Waals surface area (Å²) in [6.07, 6.45) is 9.58. The fraction of sp³-hybridized carbons (Fsp3) is 0.538. The third kappa shape index (κ3) is 16.5. The Kier molecular flexibility index (Phi) is 23.9. The van der Waals surface area contributed by atoms with Crippen LogP contribution in [0.15, 0.2) is 68.1 Å². The second-order valence-corrected chi connectivity index (χ2v) is 25.7. The van der Waals surface area contributed by atoms with Gasteiger partial charge in [-0.25, -0.2) is 15.8 Å². The number of aliphatic carboxylic acids is 1. The normalized spacial score (nSPS) is 16.6. The minimum atomic E-state index is -4.68. The molecular formula is C52H72N4O18S5+2. The molecule has 0 radical (unpaired) electrons. The molecule has 4 aromatic rings. The highest BCUT2D eigenvalue weighted by atomic mass is 32.2. The first-order chi connectivity index (χ1) is 37.6. The Morgan fingerprint density at radius 2 is 1.29 bits per heavy atom. The predicted molar refractivity (Wildman–Crippen MR) is 299 cm³/mol. The molecule has 0 aromatic heterocycles. The largest absolute Gasteiger partial charge is 0.481 e. The zero-order valence-corrected chi connectivity index (χ0v) is 48.9. The highest BCUT2D eigenvalue weighted by molar-refractivity contribution is 7.95. The van der Waals surface area contributed by atoms with Gasteiger partial charge in [0, 0.05) is 102 Å². The van der Waals surface area contributed by atoms with Crippen LogP contribution in [0.25, 0.3) is 21.5 Å². The lowest BCUT2D eigenvalue weighted by atomic mass is 9.74. The second-order valence-electron chi connectivity index (χ2n) is 20.6. The molecule has 0 fully saturated rings. The van der Waals surface area contributed by atoms with E-state index < -0.39 is 37.0 Å². The third-order valence-electron chi connectivity index (χ3n) is 15.3. The SMILES string of the molecule is CC1=[N+](CCCCCC(=O)NCC(CCCCCC(=O)O)CNCCCCCC2(C)C(C)=[N+](CCCSOOO)c3ccc4c(S(=O)(=O)O)cc(SOOO)cc4c32)c2ccc3c(SOOO)cc(S(=O)(=O)O)cc3c2C1(C)C. The van der Waals surface area contributed by atoms with Crippen LogP contribution in [0.2, 0.25) is 0 Å². The number of carbonyl (C=O) groups excluding carboxylic acids is 1. The number of nitrogens with zero attached hydrogens (tertiary/aromatic N) is 2. The first kappa shape index (κ1) is 64.3. The number of carbonyl (C=O) groups is 2. The van der Waals surface area contributed by atoms with Gasteiger partial charge in [0.2, 0.25) is 17.3 Å². The van der Waals surface area contributed by atoms with Crippen molar-refractivity contribution in [1.82, 2.24) is 10.6 Å². The van der Waals surface area contributed by atoms with E-state index in [2.05, 4.69) is 75.6 Å². The summed E-state index contributed by atoms with van der Waals surface area (Å²) >= 11 is 2.17. The van der Waals surface area contributed by atoms with Gasteiger partial charge >= 0.3 is 5.97 Å². The lowest BCUT2D eigenvalue weighted by Gasteiger charge is -2.24. The Bertz CT molecular complexity index is 3100. The molecular weight excluding hydrogens is 1130 g/mol. The van der Waals surface area contributed by atoms with Crippen molar-refractivity contribution in [1.29, 1.82) is 0 Å². The molecule has 0 bridgehead atoms. The number of hydrogen-bond acceptors (Lipinski definition) is 19. The monoisotopic (exact) mass is 1200 g/mol. The molecule has 2 unspecified atom stereocenters. The van der Waals surface area contributed by atoms with Crippen LogP contribution in [0.5, 0.6) is 0 Å². The highest BCUT2D eigenvalue weighted by Gasteiger charge is 2.48. The van der Waals surface area contributed by atoms with Crippen molar-refractivity contribution in [2.24, 2.45) is 5.92 Å². The molecule has 4 aromatic carbocycles. The zero-order chi connectivity index (χ0) is 57.5. The maximum atomic E-state index is 13.2. The van der Waals surface area contributed by atoms with E-state index in [1.165, 1.54) is 18.2 Å². The molecule has 6 rings (SSSR count). The number of nitrogens with one attached hydrogen (secondary N) is 2. The van der Waals surface area contributed by atoms with Crippen LogP contribution in [-0.4, -0.2) is 118 Å². The summed E-state index contributed by atoms with van der Waals surface area (Å²) in [5.41, 5.74) is 4.58. The van der Waals surface area contributed by atoms with E-state index in [0.717, 1.165) is 104 Å². The molecule has 79 heavy (non-hydrogen) atoms. The molecule has 0 saturated heterocycles. The summed E-state index contributed by atoms with van der Waals surface area (Å²) in [7, 11) is -9.27. The lowest BCUT2D eigenvalue weighted by Crippen LogP contribution is -2.35. The molecule has 0 saturated carbocycles. The number of rotatable bonds is 36. The smallest absolute Gasteiger partial charge is 0.303 e. The Hall–Kier alpha value is -3.85. The highest BCUT2D eigenvalue weighted by Crippen LogP contribution is 2.49. The maximum Gasteiger partial charge on any atom is 0.303 e. The molecule has 0 aliphatic carbocycles. The van der Waals surface area contributed by atoms with Gasteiger partial charge in [0.05, 0.1) is 39.8 Å². The van der Waals surface area contributed by atoms with Crippen molar-refractivity contribution >= 4 is 113 Å². The Labute approximate surface area is 473 Å². The van der Waals surface area contributed by atoms with Crippen LogP contribution in [0.3, 0.4) is 0 Å². The maximum absolute atomic E-state index is 13.2. The van der Waals surface area contributed by atoms with Crippen LogP contribution in [0.1, 0.15) is 136 Å². The summed E-state index contributed by atoms with van der Waals surface area (Å²) in [5, 5.41) is 55.6. The summed E-state index contributed by atoms with van der Waals surface area (Å²) in [6, 6.07) is 13.0. The number of carboxylic acids is 1. The van der Waals surface area contributed by atoms with Crippen LogP contribution >= 0.6 is 36.1 Å². The number of unbranched alkanes of at least 4 members (excludes halogenated alkanes) is 6. The van der Waals surface area contributed by atoms with Crippen LogP contribution in [0.4, 0.5) is 11.4 Å². The third-order valence-corrected chi connectivity index (χ3v) is 18.8. The molecule has 436 valence electrons. The number of fused-ring (bicyclic) bond motifs is 6. The van der Waals surface area contributed by atoms with Crippen LogP contribution in [-0.2, 0) is 68.8 Å². The van der Waals surface area contributed by atoms with Crippen molar-refractivity contribution in [3.8, 4) is 0 Å². The van der Waals surface area contributed by atoms with Gasteiger partial charge < -0.3 is 15.7 Å². The predicted octanol–water partition coefficient (Wildman–Crippen LogP) is 10.8. The van der Waals surface area contributed by atoms with E-state index in [1.54, 1.807) is 12.1 Å². The molecule has 2 aliphatic heterocycles. The average molecular weight is 1200 g/mol. The second kappa shape index (κ2) is 29.4. The number of hydrogen-bond donors (Lipinski definition) is 8. The van der Waals surface area contributed by atoms with E-state index in [9.17, 15) is 35.5 Å². The summed E-state index contributed by atoms with van der Waals surface area (Å²) in [6.45, 7) is 13.4. The summed E-state index contributed by atoms with van der Waals surface area (Å²) in [5.74, 6) is -0.236. The van der Waals surface area contributed by atoms with Crippen molar-refractivity contribution in [2.75, 3.05) is 38.5 Å². The molecule has 2 aliphatic rings. The molecule has 0 spiro atoms. The summed E-state index contributed by atoms with van der Waals surface area (Å²) < 4.78 is 88.6. The Balaban J connectivity index is 1.03. The van der Waals surface area contributed by atoms with Crippen LogP contribution in [0, 0.1) is 5.92 Å². The molecule has 8 N–H and O–H groups in total. The van der Waals surface area contributed by atoms with Gasteiger partial charge in [0.25, 0.3) is 20.2 Å². The summed E-state index contributed by atoms with van der Waals surface area (Å²) in [4.78, 5) is 24.4. The fourth-order valence-electron chi connectivity index (χ4n) is 11.0. The number of carboxylic acid groups (broad SMARTS) is 1. The molecule has 27 heteroatoms. The molecule has 2 atom stereocenters.